The molecule has 0 spiro atoms. The first kappa shape index (κ1) is 13.5. The number of ether oxygens (including phenoxy) is 1. The molecular weight excluding hydrogens is 265 g/mol. The third-order valence-electron chi connectivity index (χ3n) is 2.72. The van der Waals surface area contributed by atoms with Crippen LogP contribution in [0.5, 0.6) is 5.75 Å². The molecule has 1 aromatic carbocycles. The first-order chi connectivity index (χ1) is 9.52. The van der Waals surface area contributed by atoms with Crippen LogP contribution in [0.15, 0.2) is 24.4 Å². The molecule has 0 bridgehead atoms. The van der Waals surface area contributed by atoms with Crippen molar-refractivity contribution in [2.45, 2.75) is 6.61 Å². The van der Waals surface area contributed by atoms with Crippen molar-refractivity contribution in [1.29, 1.82) is 5.26 Å². The predicted molar refractivity (Wildman–Crippen MR) is 65.6 cm³/mol. The van der Waals surface area contributed by atoms with E-state index in [1.807, 2.05) is 6.07 Å². The minimum Gasteiger partial charge on any atom is -0.484 e. The van der Waals surface area contributed by atoms with Crippen LogP contribution in [-0.4, -0.2) is 20.9 Å². The smallest absolute Gasteiger partial charge is 0.339 e. The summed E-state index contributed by atoms with van der Waals surface area (Å²) in [5, 5.41) is 21.4. The average Bonchev–Trinajstić information content (AvgIpc) is 2.78. The molecule has 0 fully saturated rings. The molecule has 0 aliphatic rings. The molecule has 1 heterocycles. The predicted octanol–water partition coefficient (Wildman–Crippen LogP) is 1.71. The van der Waals surface area contributed by atoms with Crippen molar-refractivity contribution in [3.63, 3.8) is 0 Å². The lowest BCUT2D eigenvalue weighted by Crippen LogP contribution is -2.09. The number of nitrogens with zero attached hydrogens (tertiary/aromatic N) is 3. The molecule has 102 valence electrons. The third-order valence-corrected chi connectivity index (χ3v) is 2.72. The van der Waals surface area contributed by atoms with E-state index in [9.17, 15) is 9.18 Å². The van der Waals surface area contributed by atoms with Gasteiger partial charge in [-0.05, 0) is 18.2 Å². The molecule has 1 aromatic heterocycles. The van der Waals surface area contributed by atoms with E-state index in [2.05, 4.69) is 5.10 Å². The van der Waals surface area contributed by atoms with Gasteiger partial charge in [-0.25, -0.2) is 9.18 Å². The van der Waals surface area contributed by atoms with Gasteiger partial charge >= 0.3 is 5.97 Å². The van der Waals surface area contributed by atoms with Gasteiger partial charge < -0.3 is 9.84 Å². The lowest BCUT2D eigenvalue weighted by molar-refractivity contribution is 0.0693. The minimum atomic E-state index is -1.13. The Morgan fingerprint density at radius 3 is 2.95 bits per heavy atom. The van der Waals surface area contributed by atoms with E-state index in [1.165, 1.54) is 23.0 Å². The number of carbonyl (C=O) groups is 1. The van der Waals surface area contributed by atoms with E-state index in [-0.39, 0.29) is 23.5 Å². The summed E-state index contributed by atoms with van der Waals surface area (Å²) in [4.78, 5) is 11.0. The van der Waals surface area contributed by atoms with E-state index in [0.717, 1.165) is 6.07 Å². The number of aromatic nitrogens is 2. The van der Waals surface area contributed by atoms with Gasteiger partial charge in [0.05, 0.1) is 23.5 Å². The Morgan fingerprint density at radius 1 is 1.60 bits per heavy atom. The quantitative estimate of drug-likeness (QED) is 0.917. The van der Waals surface area contributed by atoms with Crippen molar-refractivity contribution in [3.8, 4) is 11.8 Å². The molecule has 0 saturated heterocycles. The SMILES string of the molecule is Cn1ncc(C(=O)O)c1COc1ccc(C#N)cc1F. The number of halogens is 1. The highest BCUT2D eigenvalue weighted by Gasteiger charge is 2.16. The lowest BCUT2D eigenvalue weighted by Gasteiger charge is -2.08. The van der Waals surface area contributed by atoms with Crippen molar-refractivity contribution in [2.75, 3.05) is 0 Å². The normalized spacial score (nSPS) is 10.1. The van der Waals surface area contributed by atoms with Crippen molar-refractivity contribution in [3.05, 3.63) is 47.0 Å². The van der Waals surface area contributed by atoms with Gasteiger partial charge in [0.25, 0.3) is 0 Å². The van der Waals surface area contributed by atoms with Gasteiger partial charge in [-0.3, -0.25) is 4.68 Å². The van der Waals surface area contributed by atoms with Crippen LogP contribution in [0.25, 0.3) is 0 Å². The van der Waals surface area contributed by atoms with Gasteiger partial charge in [-0.1, -0.05) is 0 Å². The van der Waals surface area contributed by atoms with Crippen LogP contribution < -0.4 is 4.74 Å². The highest BCUT2D eigenvalue weighted by atomic mass is 19.1. The van der Waals surface area contributed by atoms with Crippen molar-refractivity contribution in [1.82, 2.24) is 9.78 Å². The fourth-order valence-corrected chi connectivity index (χ4v) is 1.65. The molecule has 0 aliphatic carbocycles. The van der Waals surface area contributed by atoms with Crippen LogP contribution in [0.4, 0.5) is 4.39 Å². The fourth-order valence-electron chi connectivity index (χ4n) is 1.65. The van der Waals surface area contributed by atoms with Crippen molar-refractivity contribution >= 4 is 5.97 Å². The minimum absolute atomic E-state index is 0.00144. The summed E-state index contributed by atoms with van der Waals surface area (Å²) in [6.07, 6.45) is 1.20. The maximum absolute atomic E-state index is 13.6. The highest BCUT2D eigenvalue weighted by Crippen LogP contribution is 2.20. The Kier molecular flexibility index (Phi) is 3.66. The molecule has 1 N–H and O–H groups in total. The third kappa shape index (κ3) is 2.59. The molecule has 0 radical (unpaired) electrons. The second kappa shape index (κ2) is 5.40. The second-order valence-corrected chi connectivity index (χ2v) is 3.98. The number of aromatic carboxylic acids is 1. The number of carboxylic acids is 1. The second-order valence-electron chi connectivity index (χ2n) is 3.98. The van der Waals surface area contributed by atoms with Gasteiger partial charge in [0.1, 0.15) is 12.2 Å². The topological polar surface area (TPSA) is 88.1 Å². The van der Waals surface area contributed by atoms with Crippen LogP contribution >= 0.6 is 0 Å². The zero-order chi connectivity index (χ0) is 14.7. The molecular formula is C13H10FN3O3. The standard InChI is InChI=1S/C13H10FN3O3/c1-17-11(9(6-16-17)13(18)19)7-20-12-3-2-8(5-15)4-10(12)14/h2-4,6H,7H2,1H3,(H,18,19). The van der Waals surface area contributed by atoms with Crippen LogP contribution in [0.2, 0.25) is 0 Å². The summed E-state index contributed by atoms with van der Waals surface area (Å²) in [6, 6.07) is 5.60. The van der Waals surface area contributed by atoms with Crippen LogP contribution in [0.3, 0.4) is 0 Å². The monoisotopic (exact) mass is 275 g/mol. The van der Waals surface area contributed by atoms with E-state index >= 15 is 0 Å². The summed E-state index contributed by atoms with van der Waals surface area (Å²) in [5.74, 6) is -1.86. The number of hydrogen-bond acceptors (Lipinski definition) is 4. The first-order valence-electron chi connectivity index (χ1n) is 5.59. The Balaban J connectivity index is 2.19. The first-order valence-corrected chi connectivity index (χ1v) is 5.59. The summed E-state index contributed by atoms with van der Waals surface area (Å²) in [7, 11) is 1.57. The molecule has 0 aliphatic heterocycles. The summed E-state index contributed by atoms with van der Waals surface area (Å²) < 4.78 is 20.2. The zero-order valence-electron chi connectivity index (χ0n) is 10.5. The van der Waals surface area contributed by atoms with Gasteiger partial charge in [0.2, 0.25) is 0 Å². The fraction of sp³-hybridized carbons (Fsp3) is 0.154. The molecule has 2 rings (SSSR count). The highest BCUT2D eigenvalue weighted by molar-refractivity contribution is 5.88. The van der Waals surface area contributed by atoms with Crippen LogP contribution in [-0.2, 0) is 13.7 Å². The van der Waals surface area contributed by atoms with Crippen molar-refractivity contribution in [2.24, 2.45) is 7.05 Å². The van der Waals surface area contributed by atoms with Crippen molar-refractivity contribution < 1.29 is 19.0 Å². The number of rotatable bonds is 4. The van der Waals surface area contributed by atoms with E-state index in [1.54, 1.807) is 7.05 Å². The molecule has 6 nitrogen and oxygen atoms in total. The Bertz CT molecular complexity index is 703. The Labute approximate surface area is 113 Å². The molecule has 0 unspecified atom stereocenters. The van der Waals surface area contributed by atoms with E-state index in [4.69, 9.17) is 15.1 Å². The molecule has 0 atom stereocenters. The van der Waals surface area contributed by atoms with Crippen LogP contribution in [0.1, 0.15) is 21.6 Å². The molecule has 0 saturated carbocycles. The number of aryl methyl sites for hydroxylation is 1. The number of benzene rings is 1. The van der Waals surface area contributed by atoms with E-state index in [0.29, 0.717) is 5.69 Å². The number of carboxylic acid groups (broad SMARTS) is 1. The summed E-state index contributed by atoms with van der Waals surface area (Å²) >= 11 is 0. The molecule has 0 amide bonds. The van der Waals surface area contributed by atoms with Gasteiger partial charge in [-0.2, -0.15) is 10.4 Å². The largest absolute Gasteiger partial charge is 0.484 e. The summed E-state index contributed by atoms with van der Waals surface area (Å²) in [6.45, 7) is -0.138. The molecule has 20 heavy (non-hydrogen) atoms. The zero-order valence-corrected chi connectivity index (χ0v) is 10.5. The average molecular weight is 275 g/mol. The van der Waals surface area contributed by atoms with Gasteiger partial charge in [-0.15, -0.1) is 0 Å². The van der Waals surface area contributed by atoms with Crippen LogP contribution in [0, 0.1) is 17.1 Å². The Morgan fingerprint density at radius 2 is 2.35 bits per heavy atom. The molecule has 2 aromatic rings. The summed E-state index contributed by atoms with van der Waals surface area (Å²) in [5.41, 5.74) is 0.504. The maximum atomic E-state index is 13.6. The number of nitriles is 1. The van der Waals surface area contributed by atoms with Gasteiger partial charge in [0.15, 0.2) is 11.6 Å². The Hall–Kier alpha value is -2.88. The lowest BCUT2D eigenvalue weighted by atomic mass is 10.2. The van der Waals surface area contributed by atoms with E-state index < -0.39 is 11.8 Å². The number of hydrogen-bond donors (Lipinski definition) is 1. The van der Waals surface area contributed by atoms with Gasteiger partial charge in [0, 0.05) is 7.05 Å². The maximum Gasteiger partial charge on any atom is 0.339 e. The molecule has 7 heteroatoms.